The first kappa shape index (κ1) is 16.1. The Bertz CT molecular complexity index is 960. The summed E-state index contributed by atoms with van der Waals surface area (Å²) in [5, 5.41) is 11.7. The van der Waals surface area contributed by atoms with E-state index in [1.807, 2.05) is 9.80 Å². The summed E-state index contributed by atoms with van der Waals surface area (Å²) >= 11 is 0. The second kappa shape index (κ2) is 6.51. The highest BCUT2D eigenvalue weighted by atomic mass is 19.1. The summed E-state index contributed by atoms with van der Waals surface area (Å²) in [4.78, 5) is 27.5. The van der Waals surface area contributed by atoms with Gasteiger partial charge in [-0.1, -0.05) is 0 Å². The summed E-state index contributed by atoms with van der Waals surface area (Å²) in [6.07, 6.45) is 4.86. The summed E-state index contributed by atoms with van der Waals surface area (Å²) in [6, 6.07) is 5.55. The first-order valence-electron chi connectivity index (χ1n) is 8.13. The van der Waals surface area contributed by atoms with Crippen molar-refractivity contribution in [3.05, 3.63) is 58.8 Å². The van der Waals surface area contributed by atoms with E-state index in [4.69, 9.17) is 0 Å². The largest absolute Gasteiger partial charge is 0.352 e. The van der Waals surface area contributed by atoms with Gasteiger partial charge >= 0.3 is 0 Å². The number of nitro benzene ring substituents is 1. The van der Waals surface area contributed by atoms with Gasteiger partial charge in [-0.05, 0) is 18.2 Å². The van der Waals surface area contributed by atoms with Crippen LogP contribution in [0.3, 0.4) is 0 Å². The van der Waals surface area contributed by atoms with Gasteiger partial charge in [-0.25, -0.2) is 19.3 Å². The molecule has 1 saturated heterocycles. The van der Waals surface area contributed by atoms with E-state index in [-0.39, 0.29) is 16.5 Å². The maximum absolute atomic E-state index is 14.5. The minimum Gasteiger partial charge on any atom is -0.352 e. The van der Waals surface area contributed by atoms with E-state index in [1.165, 1.54) is 18.3 Å². The molecule has 0 unspecified atom stereocenters. The van der Waals surface area contributed by atoms with E-state index in [0.29, 0.717) is 37.9 Å². The molecule has 0 spiro atoms. The molecule has 2 aromatic heterocycles. The van der Waals surface area contributed by atoms with Crippen LogP contribution in [0.1, 0.15) is 0 Å². The van der Waals surface area contributed by atoms with Crippen LogP contribution in [0.15, 0.2) is 42.9 Å². The van der Waals surface area contributed by atoms with Gasteiger partial charge in [0.15, 0.2) is 0 Å². The number of rotatable bonds is 3. The Hall–Kier alpha value is -3.36. The molecule has 0 N–H and O–H groups in total. The number of pyridine rings is 1. The number of hydrogen-bond donors (Lipinski definition) is 0. The van der Waals surface area contributed by atoms with E-state index < -0.39 is 10.7 Å². The third-order valence-corrected chi connectivity index (χ3v) is 4.44. The minimum absolute atomic E-state index is 0.124. The quantitative estimate of drug-likeness (QED) is 0.527. The predicted octanol–water partition coefficient (Wildman–Crippen LogP) is 2.40. The third kappa shape index (κ3) is 2.77. The van der Waals surface area contributed by atoms with Crippen molar-refractivity contribution in [2.45, 2.75) is 0 Å². The van der Waals surface area contributed by atoms with E-state index in [1.54, 1.807) is 18.5 Å². The zero-order valence-corrected chi connectivity index (χ0v) is 13.7. The molecular formula is C17H15FN6O2. The molecule has 26 heavy (non-hydrogen) atoms. The van der Waals surface area contributed by atoms with Crippen molar-refractivity contribution in [3.63, 3.8) is 0 Å². The van der Waals surface area contributed by atoms with Crippen molar-refractivity contribution in [3.8, 4) is 0 Å². The van der Waals surface area contributed by atoms with Crippen molar-refractivity contribution in [1.29, 1.82) is 0 Å². The normalized spacial score (nSPS) is 14.7. The van der Waals surface area contributed by atoms with Crippen molar-refractivity contribution in [2.24, 2.45) is 0 Å². The van der Waals surface area contributed by atoms with E-state index in [2.05, 4.69) is 15.0 Å². The number of aromatic nitrogens is 3. The number of hydrogen-bond acceptors (Lipinski definition) is 7. The van der Waals surface area contributed by atoms with Gasteiger partial charge in [-0.2, -0.15) is 0 Å². The van der Waals surface area contributed by atoms with Gasteiger partial charge in [-0.3, -0.25) is 10.1 Å². The van der Waals surface area contributed by atoms with Crippen LogP contribution in [0.4, 0.5) is 21.8 Å². The molecule has 1 aliphatic heterocycles. The SMILES string of the molecule is O=[N+]([O-])c1ccc(F)c2c(N3CCN(c4ncccn4)CC3)nccc12. The standard InChI is InChI=1S/C17H15FN6O2/c18-13-2-3-14(24(25)26)12-4-7-19-16(15(12)13)22-8-10-23(11-9-22)17-20-5-1-6-21-17/h1-7H,8-11H2. The lowest BCUT2D eigenvalue weighted by Gasteiger charge is -2.35. The van der Waals surface area contributed by atoms with Gasteiger partial charge in [0.2, 0.25) is 5.95 Å². The maximum Gasteiger partial charge on any atom is 0.277 e. The van der Waals surface area contributed by atoms with Crippen LogP contribution in [-0.4, -0.2) is 46.1 Å². The number of anilines is 2. The van der Waals surface area contributed by atoms with Crippen molar-refractivity contribution in [1.82, 2.24) is 15.0 Å². The second-order valence-corrected chi connectivity index (χ2v) is 5.90. The van der Waals surface area contributed by atoms with Crippen LogP contribution in [0.5, 0.6) is 0 Å². The molecule has 0 amide bonds. The Kier molecular flexibility index (Phi) is 4.04. The molecule has 4 rings (SSSR count). The lowest BCUT2D eigenvalue weighted by molar-refractivity contribution is -0.383. The lowest BCUT2D eigenvalue weighted by Crippen LogP contribution is -2.47. The predicted molar refractivity (Wildman–Crippen MR) is 94.8 cm³/mol. The Morgan fingerprint density at radius 2 is 1.65 bits per heavy atom. The van der Waals surface area contributed by atoms with Gasteiger partial charge in [0.1, 0.15) is 11.6 Å². The Morgan fingerprint density at radius 1 is 0.962 bits per heavy atom. The lowest BCUT2D eigenvalue weighted by atomic mass is 10.1. The molecule has 8 nitrogen and oxygen atoms in total. The van der Waals surface area contributed by atoms with Crippen LogP contribution < -0.4 is 9.80 Å². The van der Waals surface area contributed by atoms with Crippen molar-refractivity contribution in [2.75, 3.05) is 36.0 Å². The second-order valence-electron chi connectivity index (χ2n) is 5.90. The highest BCUT2D eigenvalue weighted by molar-refractivity contribution is 5.98. The topological polar surface area (TPSA) is 88.3 Å². The summed E-state index contributed by atoms with van der Waals surface area (Å²) in [5.41, 5.74) is -0.124. The van der Waals surface area contributed by atoms with E-state index in [9.17, 15) is 14.5 Å². The third-order valence-electron chi connectivity index (χ3n) is 4.44. The van der Waals surface area contributed by atoms with Crippen molar-refractivity contribution >= 4 is 28.2 Å². The molecule has 3 heterocycles. The van der Waals surface area contributed by atoms with Crippen LogP contribution in [-0.2, 0) is 0 Å². The fraction of sp³-hybridized carbons (Fsp3) is 0.235. The van der Waals surface area contributed by atoms with Crippen molar-refractivity contribution < 1.29 is 9.31 Å². The van der Waals surface area contributed by atoms with Gasteiger partial charge in [-0.15, -0.1) is 0 Å². The first-order valence-corrected chi connectivity index (χ1v) is 8.13. The molecule has 0 aliphatic carbocycles. The average molecular weight is 354 g/mol. The van der Waals surface area contributed by atoms with Gasteiger partial charge in [0.05, 0.1) is 15.7 Å². The number of non-ortho nitro benzene ring substituents is 1. The van der Waals surface area contributed by atoms with Crippen LogP contribution in [0, 0.1) is 15.9 Å². The van der Waals surface area contributed by atoms with Gasteiger partial charge < -0.3 is 9.80 Å². The molecule has 0 saturated carbocycles. The number of nitro groups is 1. The molecule has 1 fully saturated rings. The number of nitrogens with zero attached hydrogens (tertiary/aromatic N) is 6. The highest BCUT2D eigenvalue weighted by Gasteiger charge is 2.24. The minimum atomic E-state index is -0.512. The summed E-state index contributed by atoms with van der Waals surface area (Å²) < 4.78 is 14.5. The maximum atomic E-state index is 14.5. The molecule has 0 atom stereocenters. The molecule has 132 valence electrons. The molecular weight excluding hydrogens is 339 g/mol. The molecule has 0 bridgehead atoms. The number of fused-ring (bicyclic) bond motifs is 1. The smallest absolute Gasteiger partial charge is 0.277 e. The average Bonchev–Trinajstić information content (AvgIpc) is 2.68. The fourth-order valence-electron chi connectivity index (χ4n) is 3.20. The molecule has 9 heteroatoms. The summed E-state index contributed by atoms with van der Waals surface area (Å²) in [5.74, 6) is 0.569. The van der Waals surface area contributed by atoms with Crippen LogP contribution in [0.2, 0.25) is 0 Å². The Labute approximate surface area is 148 Å². The Morgan fingerprint density at radius 3 is 2.35 bits per heavy atom. The molecule has 1 aliphatic rings. The van der Waals surface area contributed by atoms with Crippen LogP contribution in [0.25, 0.3) is 10.8 Å². The van der Waals surface area contributed by atoms with Crippen LogP contribution >= 0.6 is 0 Å². The zero-order valence-electron chi connectivity index (χ0n) is 13.7. The molecule has 3 aromatic rings. The number of benzene rings is 1. The van der Waals surface area contributed by atoms with E-state index >= 15 is 0 Å². The van der Waals surface area contributed by atoms with E-state index in [0.717, 1.165) is 6.07 Å². The number of halogens is 1. The number of piperazine rings is 1. The van der Waals surface area contributed by atoms with Gasteiger partial charge in [0, 0.05) is 50.8 Å². The molecule has 1 aromatic carbocycles. The van der Waals surface area contributed by atoms with Gasteiger partial charge in [0.25, 0.3) is 5.69 Å². The first-order chi connectivity index (χ1) is 12.6. The fourth-order valence-corrected chi connectivity index (χ4v) is 3.20. The monoisotopic (exact) mass is 354 g/mol. The summed E-state index contributed by atoms with van der Waals surface area (Å²) in [7, 11) is 0. The molecule has 0 radical (unpaired) electrons. The summed E-state index contributed by atoms with van der Waals surface area (Å²) in [6.45, 7) is 2.48. The Balaban J connectivity index is 1.66. The highest BCUT2D eigenvalue weighted by Crippen LogP contribution is 2.33. The zero-order chi connectivity index (χ0) is 18.1.